The average molecular weight is 237 g/mol. The Morgan fingerprint density at radius 2 is 2.38 bits per heavy atom. The summed E-state index contributed by atoms with van der Waals surface area (Å²) in [5.41, 5.74) is 7.29. The first-order valence-electron chi connectivity index (χ1n) is 5.00. The van der Waals surface area contributed by atoms with Crippen molar-refractivity contribution in [3.63, 3.8) is 0 Å². The summed E-state index contributed by atoms with van der Waals surface area (Å²) in [4.78, 5) is 15.9. The van der Waals surface area contributed by atoms with Crippen LogP contribution < -0.4 is 11.1 Å². The fourth-order valence-corrected chi connectivity index (χ4v) is 1.26. The van der Waals surface area contributed by atoms with Crippen LogP contribution in [0.3, 0.4) is 0 Å². The van der Waals surface area contributed by atoms with Crippen molar-refractivity contribution in [1.82, 2.24) is 10.3 Å². The number of hydrogen-bond acceptors (Lipinski definition) is 3. The first-order valence-corrected chi connectivity index (χ1v) is 5.40. The van der Waals surface area contributed by atoms with E-state index in [1.54, 1.807) is 13.1 Å². The second-order valence-electron chi connectivity index (χ2n) is 3.61. The highest BCUT2D eigenvalue weighted by Gasteiger charge is 2.15. The summed E-state index contributed by atoms with van der Waals surface area (Å²) in [5.74, 6) is -0.614. The zero-order valence-corrected chi connectivity index (χ0v) is 10.2. The molecule has 0 fully saturated rings. The summed E-state index contributed by atoms with van der Waals surface area (Å²) in [6, 6.07) is 3.81. The maximum absolute atomic E-state index is 11.6. The van der Waals surface area contributed by atoms with Gasteiger partial charge in [-0.05, 0) is 25.5 Å². The topological polar surface area (TPSA) is 68.0 Å². The lowest BCUT2D eigenvalue weighted by Crippen LogP contribution is -2.35. The van der Waals surface area contributed by atoms with E-state index in [1.807, 2.05) is 19.1 Å². The third-order valence-corrected chi connectivity index (χ3v) is 2.72. The fraction of sp³-hybridized carbons (Fsp3) is 0.364. The number of nitrogens with zero attached hydrogens (tertiary/aromatic N) is 1. The van der Waals surface area contributed by atoms with Crippen LogP contribution in [-0.4, -0.2) is 15.9 Å². The minimum Gasteiger partial charge on any atom is -0.393 e. The molecule has 1 aromatic rings. The summed E-state index contributed by atoms with van der Waals surface area (Å²) in [6.07, 6.45) is 1.70. The van der Waals surface area contributed by atoms with Gasteiger partial charge in [-0.2, -0.15) is 0 Å². The van der Waals surface area contributed by atoms with Gasteiger partial charge in [0.25, 0.3) is 0 Å². The molecule has 1 heterocycles. The summed E-state index contributed by atoms with van der Waals surface area (Å²) >= 11 is 4.75. The number of thiocarbonyl (C=S) groups is 1. The molecule has 0 saturated carbocycles. The molecule has 0 spiro atoms. The van der Waals surface area contributed by atoms with Gasteiger partial charge in [0.2, 0.25) is 5.91 Å². The predicted octanol–water partition coefficient (Wildman–Crippen LogP) is 0.928. The van der Waals surface area contributed by atoms with Gasteiger partial charge < -0.3 is 11.1 Å². The third-order valence-electron chi connectivity index (χ3n) is 2.37. The van der Waals surface area contributed by atoms with Crippen LogP contribution in [0.4, 0.5) is 0 Å². The van der Waals surface area contributed by atoms with Gasteiger partial charge in [-0.25, -0.2) is 0 Å². The van der Waals surface area contributed by atoms with Gasteiger partial charge in [0, 0.05) is 6.20 Å². The minimum absolute atomic E-state index is 0.169. The van der Waals surface area contributed by atoms with Gasteiger partial charge in [-0.1, -0.05) is 18.3 Å². The lowest BCUT2D eigenvalue weighted by molar-refractivity contribution is -0.122. The Bertz CT molecular complexity index is 406. The Morgan fingerprint density at radius 3 is 2.94 bits per heavy atom. The molecular formula is C11H15N3OS. The largest absolute Gasteiger partial charge is 0.393 e. The molecule has 16 heavy (non-hydrogen) atoms. The first kappa shape index (κ1) is 12.6. The zero-order valence-electron chi connectivity index (χ0n) is 9.36. The lowest BCUT2D eigenvalue weighted by Gasteiger charge is -2.11. The van der Waals surface area contributed by atoms with Gasteiger partial charge in [0.05, 0.1) is 23.1 Å². The molecule has 0 aliphatic carbocycles. The molecule has 0 aliphatic rings. The minimum atomic E-state index is -0.445. The summed E-state index contributed by atoms with van der Waals surface area (Å²) in [7, 11) is 0. The van der Waals surface area contributed by atoms with Gasteiger partial charge in [0.15, 0.2) is 0 Å². The number of carbonyl (C=O) groups is 1. The number of rotatable bonds is 4. The van der Waals surface area contributed by atoms with E-state index in [0.717, 1.165) is 11.3 Å². The highest BCUT2D eigenvalue weighted by molar-refractivity contribution is 7.80. The molecular weight excluding hydrogens is 222 g/mol. The quantitative estimate of drug-likeness (QED) is 0.764. The molecule has 0 saturated heterocycles. The number of nitrogens with two attached hydrogens (primary N) is 1. The fourth-order valence-electron chi connectivity index (χ4n) is 1.16. The zero-order chi connectivity index (χ0) is 12.1. The molecule has 86 valence electrons. The van der Waals surface area contributed by atoms with Crippen molar-refractivity contribution in [2.45, 2.75) is 20.4 Å². The Morgan fingerprint density at radius 1 is 1.69 bits per heavy atom. The molecule has 0 aromatic carbocycles. The van der Waals surface area contributed by atoms with E-state index in [4.69, 9.17) is 18.0 Å². The molecule has 0 radical (unpaired) electrons. The van der Waals surface area contributed by atoms with E-state index in [9.17, 15) is 4.79 Å². The Hall–Kier alpha value is -1.49. The first-order chi connectivity index (χ1) is 7.52. The summed E-state index contributed by atoms with van der Waals surface area (Å²) < 4.78 is 0. The van der Waals surface area contributed by atoms with Gasteiger partial charge in [-0.15, -0.1) is 0 Å². The van der Waals surface area contributed by atoms with Gasteiger partial charge >= 0.3 is 0 Å². The van der Waals surface area contributed by atoms with Crippen LogP contribution in [0.1, 0.15) is 18.2 Å². The number of amides is 1. The second-order valence-corrected chi connectivity index (χ2v) is 4.08. The maximum Gasteiger partial charge on any atom is 0.229 e. The van der Waals surface area contributed by atoms with E-state index in [-0.39, 0.29) is 10.9 Å². The number of carbonyl (C=O) groups excluding carboxylic acids is 1. The van der Waals surface area contributed by atoms with Crippen molar-refractivity contribution in [2.24, 2.45) is 11.7 Å². The van der Waals surface area contributed by atoms with E-state index in [0.29, 0.717) is 6.54 Å². The third kappa shape index (κ3) is 3.27. The molecule has 0 aliphatic heterocycles. The van der Waals surface area contributed by atoms with Gasteiger partial charge in [0.1, 0.15) is 0 Å². The Kier molecular flexibility index (Phi) is 4.37. The van der Waals surface area contributed by atoms with E-state index < -0.39 is 5.92 Å². The molecule has 5 heteroatoms. The molecule has 1 unspecified atom stereocenters. The second kappa shape index (κ2) is 5.55. The number of nitrogens with one attached hydrogen (secondary N) is 1. The van der Waals surface area contributed by atoms with Crippen molar-refractivity contribution in [2.75, 3.05) is 0 Å². The van der Waals surface area contributed by atoms with Crippen molar-refractivity contribution < 1.29 is 4.79 Å². The molecule has 1 amide bonds. The molecule has 0 bridgehead atoms. The van der Waals surface area contributed by atoms with Crippen LogP contribution >= 0.6 is 12.2 Å². The summed E-state index contributed by atoms with van der Waals surface area (Å²) in [6.45, 7) is 4.03. The normalized spacial score (nSPS) is 11.9. The van der Waals surface area contributed by atoms with Crippen LogP contribution in [0.2, 0.25) is 0 Å². The maximum atomic E-state index is 11.6. The Balaban J connectivity index is 2.56. The summed E-state index contributed by atoms with van der Waals surface area (Å²) in [5, 5.41) is 2.75. The molecule has 4 nitrogen and oxygen atoms in total. The van der Waals surface area contributed by atoms with Crippen LogP contribution in [0.15, 0.2) is 18.3 Å². The standard InChI is InChI=1S/C11H15N3OS/c1-7-4-3-5-13-9(7)6-14-11(15)8(2)10(12)16/h3-5,8H,6H2,1-2H3,(H2,12,16)(H,14,15). The molecule has 3 N–H and O–H groups in total. The molecule has 1 rings (SSSR count). The number of aryl methyl sites for hydroxylation is 1. The average Bonchev–Trinajstić information content (AvgIpc) is 2.26. The smallest absolute Gasteiger partial charge is 0.229 e. The van der Waals surface area contributed by atoms with Crippen molar-refractivity contribution in [1.29, 1.82) is 0 Å². The molecule has 1 atom stereocenters. The van der Waals surface area contributed by atoms with E-state index in [1.165, 1.54) is 0 Å². The number of hydrogen-bond donors (Lipinski definition) is 2. The van der Waals surface area contributed by atoms with Crippen molar-refractivity contribution >= 4 is 23.1 Å². The van der Waals surface area contributed by atoms with Crippen LogP contribution in [0.5, 0.6) is 0 Å². The SMILES string of the molecule is Cc1cccnc1CNC(=O)C(C)C(N)=S. The number of pyridine rings is 1. The number of aromatic nitrogens is 1. The highest BCUT2D eigenvalue weighted by atomic mass is 32.1. The predicted molar refractivity (Wildman–Crippen MR) is 66.8 cm³/mol. The van der Waals surface area contributed by atoms with Crippen molar-refractivity contribution in [3.05, 3.63) is 29.6 Å². The van der Waals surface area contributed by atoms with Crippen LogP contribution in [0, 0.1) is 12.8 Å². The highest BCUT2D eigenvalue weighted by Crippen LogP contribution is 2.03. The van der Waals surface area contributed by atoms with Crippen LogP contribution in [-0.2, 0) is 11.3 Å². The monoisotopic (exact) mass is 237 g/mol. The van der Waals surface area contributed by atoms with E-state index >= 15 is 0 Å². The van der Waals surface area contributed by atoms with Gasteiger partial charge in [-0.3, -0.25) is 9.78 Å². The Labute approximate surface area is 100 Å². The van der Waals surface area contributed by atoms with Crippen LogP contribution in [0.25, 0.3) is 0 Å². The van der Waals surface area contributed by atoms with E-state index in [2.05, 4.69) is 10.3 Å². The van der Waals surface area contributed by atoms with Crippen molar-refractivity contribution in [3.8, 4) is 0 Å². The lowest BCUT2D eigenvalue weighted by atomic mass is 10.1. The molecule has 1 aromatic heterocycles.